The van der Waals surface area contributed by atoms with E-state index in [0.29, 0.717) is 12.6 Å². The Hall–Kier alpha value is -0.570. The predicted octanol–water partition coefficient (Wildman–Crippen LogP) is 0.516. The molecule has 0 aromatic heterocycles. The Balaban J connectivity index is 2.52. The summed E-state index contributed by atoms with van der Waals surface area (Å²) in [7, 11) is 0. The van der Waals surface area contributed by atoms with Crippen LogP contribution in [0.5, 0.6) is 0 Å². The maximum absolute atomic E-state index is 11.3. The van der Waals surface area contributed by atoms with Crippen molar-refractivity contribution >= 4 is 5.91 Å². The van der Waals surface area contributed by atoms with Gasteiger partial charge in [0.05, 0.1) is 13.2 Å². The third-order valence-electron chi connectivity index (χ3n) is 2.10. The van der Waals surface area contributed by atoms with Gasteiger partial charge in [-0.15, -0.1) is 0 Å². The fourth-order valence-corrected chi connectivity index (χ4v) is 1.29. The molecule has 0 aromatic carbocycles. The van der Waals surface area contributed by atoms with E-state index < -0.39 is 0 Å². The van der Waals surface area contributed by atoms with Crippen LogP contribution in [0.15, 0.2) is 0 Å². The van der Waals surface area contributed by atoms with Crippen LogP contribution in [-0.4, -0.2) is 41.5 Å². The van der Waals surface area contributed by atoms with Crippen LogP contribution in [0.25, 0.3) is 0 Å². The third kappa shape index (κ3) is 1.71. The minimum atomic E-state index is 0.266. The minimum Gasteiger partial charge on any atom is -0.326 e. The zero-order valence-electron chi connectivity index (χ0n) is 7.50. The van der Waals surface area contributed by atoms with Crippen molar-refractivity contribution in [3.05, 3.63) is 0 Å². The molecule has 0 atom stereocenters. The highest BCUT2D eigenvalue weighted by Crippen LogP contribution is 2.09. The van der Waals surface area contributed by atoms with Crippen molar-refractivity contribution in [1.29, 1.82) is 0 Å². The van der Waals surface area contributed by atoms with Crippen LogP contribution >= 0.6 is 0 Å². The lowest BCUT2D eigenvalue weighted by atomic mass is 10.3. The molecule has 0 aliphatic carbocycles. The summed E-state index contributed by atoms with van der Waals surface area (Å²) in [6, 6.07) is 0.346. The summed E-state index contributed by atoms with van der Waals surface area (Å²) in [5, 5.41) is 0. The molecule has 3 nitrogen and oxygen atoms in total. The maximum Gasteiger partial charge on any atom is 0.238 e. The first-order chi connectivity index (χ1) is 5.15. The lowest BCUT2D eigenvalue weighted by Gasteiger charge is -2.20. The lowest BCUT2D eigenvalue weighted by Crippen LogP contribution is -2.33. The van der Waals surface area contributed by atoms with E-state index in [-0.39, 0.29) is 5.91 Å². The predicted molar refractivity (Wildman–Crippen MR) is 44.1 cm³/mol. The van der Waals surface area contributed by atoms with E-state index in [1.165, 1.54) is 0 Å². The van der Waals surface area contributed by atoms with Crippen LogP contribution in [-0.2, 0) is 4.79 Å². The molecule has 1 aliphatic heterocycles. The molecule has 1 heterocycles. The number of carbonyl (C=O) groups is 1. The number of amides is 1. The van der Waals surface area contributed by atoms with Crippen LogP contribution in [0.4, 0.5) is 0 Å². The van der Waals surface area contributed by atoms with Gasteiger partial charge in [0.15, 0.2) is 0 Å². The highest BCUT2D eigenvalue weighted by Gasteiger charge is 2.27. The van der Waals surface area contributed by atoms with E-state index >= 15 is 0 Å². The molecule has 0 saturated carbocycles. The van der Waals surface area contributed by atoms with Crippen molar-refractivity contribution in [3.63, 3.8) is 0 Å². The molecule has 1 aliphatic rings. The number of hydrogen-bond acceptors (Lipinski definition) is 2. The van der Waals surface area contributed by atoms with Crippen molar-refractivity contribution in [2.75, 3.05) is 19.8 Å². The fourth-order valence-electron chi connectivity index (χ4n) is 1.29. The van der Waals surface area contributed by atoms with Gasteiger partial charge in [-0.05, 0) is 20.4 Å². The highest BCUT2D eigenvalue weighted by molar-refractivity contribution is 5.80. The number of hydrogen-bond donors (Lipinski definition) is 0. The van der Waals surface area contributed by atoms with Crippen LogP contribution < -0.4 is 0 Å². The molecule has 1 amide bonds. The number of rotatable bonds is 2. The molecule has 0 radical (unpaired) electrons. The first kappa shape index (κ1) is 8.53. The Morgan fingerprint density at radius 2 is 2.18 bits per heavy atom. The summed E-state index contributed by atoms with van der Waals surface area (Å²) in [5.41, 5.74) is 0. The summed E-state index contributed by atoms with van der Waals surface area (Å²) in [6.07, 6.45) is 0. The van der Waals surface area contributed by atoms with Gasteiger partial charge in [0.2, 0.25) is 5.91 Å². The first-order valence-electron chi connectivity index (χ1n) is 4.17. The molecule has 0 bridgehead atoms. The molecule has 0 N–H and O–H groups in total. The van der Waals surface area contributed by atoms with Gasteiger partial charge in [0.1, 0.15) is 0 Å². The zero-order valence-corrected chi connectivity index (χ0v) is 7.50. The Bertz CT molecular complexity index is 156. The molecule has 64 valence electrons. The van der Waals surface area contributed by atoms with Crippen molar-refractivity contribution in [2.45, 2.75) is 26.8 Å². The summed E-state index contributed by atoms with van der Waals surface area (Å²) in [4.78, 5) is 15.3. The standard InChI is InChI=1S/C8H16N2O/c1-4-9-5-8(11)10(6-9)7(2)3/h7H,4-6H2,1-3H3. The lowest BCUT2D eigenvalue weighted by molar-refractivity contribution is -0.128. The second kappa shape index (κ2) is 3.22. The summed E-state index contributed by atoms with van der Waals surface area (Å²) >= 11 is 0. The van der Waals surface area contributed by atoms with Gasteiger partial charge in [-0.1, -0.05) is 6.92 Å². The SMILES string of the molecule is CCN1CC(=O)N(C(C)C)C1. The van der Waals surface area contributed by atoms with Crippen molar-refractivity contribution in [2.24, 2.45) is 0 Å². The quantitative estimate of drug-likeness (QED) is 0.582. The van der Waals surface area contributed by atoms with E-state index in [9.17, 15) is 4.79 Å². The van der Waals surface area contributed by atoms with E-state index in [2.05, 4.69) is 25.7 Å². The molecular weight excluding hydrogens is 140 g/mol. The molecular formula is C8H16N2O. The minimum absolute atomic E-state index is 0.266. The van der Waals surface area contributed by atoms with Crippen LogP contribution in [0.1, 0.15) is 20.8 Å². The van der Waals surface area contributed by atoms with Gasteiger partial charge in [0, 0.05) is 6.04 Å². The van der Waals surface area contributed by atoms with Crippen LogP contribution in [0, 0.1) is 0 Å². The summed E-state index contributed by atoms with van der Waals surface area (Å²) < 4.78 is 0. The summed E-state index contributed by atoms with van der Waals surface area (Å²) in [6.45, 7) is 8.57. The summed E-state index contributed by atoms with van der Waals surface area (Å²) in [5.74, 6) is 0.266. The van der Waals surface area contributed by atoms with Gasteiger partial charge < -0.3 is 4.90 Å². The Labute approximate surface area is 68.0 Å². The second-order valence-electron chi connectivity index (χ2n) is 3.24. The van der Waals surface area contributed by atoms with E-state index in [4.69, 9.17) is 0 Å². The largest absolute Gasteiger partial charge is 0.326 e. The van der Waals surface area contributed by atoms with Gasteiger partial charge in [-0.2, -0.15) is 0 Å². The molecule has 11 heavy (non-hydrogen) atoms. The maximum atomic E-state index is 11.3. The zero-order chi connectivity index (χ0) is 8.43. The van der Waals surface area contributed by atoms with Crippen molar-refractivity contribution < 1.29 is 4.79 Å². The van der Waals surface area contributed by atoms with E-state index in [1.807, 2.05) is 4.90 Å². The second-order valence-corrected chi connectivity index (χ2v) is 3.24. The third-order valence-corrected chi connectivity index (χ3v) is 2.10. The number of nitrogens with zero attached hydrogens (tertiary/aromatic N) is 2. The average molecular weight is 156 g/mol. The topological polar surface area (TPSA) is 23.6 Å². The van der Waals surface area contributed by atoms with Gasteiger partial charge in [-0.25, -0.2) is 0 Å². The van der Waals surface area contributed by atoms with Gasteiger partial charge in [0.25, 0.3) is 0 Å². The molecule has 1 saturated heterocycles. The average Bonchev–Trinajstić information content (AvgIpc) is 2.30. The molecule has 0 unspecified atom stereocenters. The Morgan fingerprint density at radius 1 is 1.55 bits per heavy atom. The monoisotopic (exact) mass is 156 g/mol. The smallest absolute Gasteiger partial charge is 0.238 e. The molecule has 0 aromatic rings. The van der Waals surface area contributed by atoms with Crippen LogP contribution in [0.2, 0.25) is 0 Å². The molecule has 0 spiro atoms. The van der Waals surface area contributed by atoms with Crippen molar-refractivity contribution in [1.82, 2.24) is 9.80 Å². The molecule has 3 heteroatoms. The number of carbonyl (C=O) groups excluding carboxylic acids is 1. The molecule has 1 rings (SSSR count). The van der Waals surface area contributed by atoms with Crippen LogP contribution in [0.3, 0.4) is 0 Å². The van der Waals surface area contributed by atoms with Gasteiger partial charge >= 0.3 is 0 Å². The highest BCUT2D eigenvalue weighted by atomic mass is 16.2. The Morgan fingerprint density at radius 3 is 2.45 bits per heavy atom. The first-order valence-corrected chi connectivity index (χ1v) is 4.17. The Kier molecular flexibility index (Phi) is 2.49. The van der Waals surface area contributed by atoms with E-state index in [0.717, 1.165) is 13.2 Å². The number of likely N-dealkylation sites (N-methyl/N-ethyl adjacent to an activating group) is 1. The van der Waals surface area contributed by atoms with Gasteiger partial charge in [-0.3, -0.25) is 9.69 Å². The normalized spacial score (nSPS) is 20.4. The van der Waals surface area contributed by atoms with Crippen molar-refractivity contribution in [3.8, 4) is 0 Å². The fraction of sp³-hybridized carbons (Fsp3) is 0.875. The molecule has 1 fully saturated rings. The van der Waals surface area contributed by atoms with E-state index in [1.54, 1.807) is 0 Å².